The van der Waals surface area contributed by atoms with E-state index in [0.717, 1.165) is 12.1 Å². The molecule has 1 aromatic carbocycles. The average molecular weight is 316 g/mol. The van der Waals surface area contributed by atoms with Crippen LogP contribution >= 0.6 is 27.5 Å². The van der Waals surface area contributed by atoms with Gasteiger partial charge in [-0.2, -0.15) is 13.2 Å². The Morgan fingerprint density at radius 2 is 2.00 bits per heavy atom. The molecule has 0 radical (unpaired) electrons. The number of Topliss-reactive ketones (excluding diaryl/α,β-unsaturated/α-hetero) is 1. The number of rotatable bonds is 2. The Kier molecular flexibility index (Phi) is 4.02. The normalized spacial score (nSPS) is 11.6. The van der Waals surface area contributed by atoms with Gasteiger partial charge in [-0.3, -0.25) is 4.79 Å². The van der Waals surface area contributed by atoms with Crippen molar-refractivity contribution < 1.29 is 18.0 Å². The predicted molar refractivity (Wildman–Crippen MR) is 59.3 cm³/mol. The molecule has 0 fully saturated rings. The fourth-order valence-electron chi connectivity index (χ4n) is 1.27. The van der Waals surface area contributed by atoms with Gasteiger partial charge in [-0.1, -0.05) is 27.5 Å². The maximum absolute atomic E-state index is 12.5. The van der Waals surface area contributed by atoms with Crippen LogP contribution in [0.3, 0.4) is 0 Å². The van der Waals surface area contributed by atoms with Gasteiger partial charge in [0.2, 0.25) is 0 Å². The molecule has 0 aliphatic carbocycles. The largest absolute Gasteiger partial charge is 0.416 e. The van der Waals surface area contributed by atoms with E-state index in [0.29, 0.717) is 0 Å². The minimum atomic E-state index is -4.45. The van der Waals surface area contributed by atoms with Crippen molar-refractivity contribution in [3.63, 3.8) is 0 Å². The molecule has 1 aromatic rings. The highest BCUT2D eigenvalue weighted by Crippen LogP contribution is 2.35. The number of ketones is 1. The Morgan fingerprint density at radius 1 is 1.44 bits per heavy atom. The maximum Gasteiger partial charge on any atom is 0.416 e. The lowest BCUT2D eigenvalue weighted by molar-refractivity contribution is -0.138. The standard InChI is InChI=1S/C10H7BrClF3O/c1-5-2-6(9(16)4-11)8(12)3-7(5)10(13,14)15/h2-3H,4H2,1H3. The van der Waals surface area contributed by atoms with Crippen LogP contribution < -0.4 is 0 Å². The van der Waals surface area contributed by atoms with E-state index in [1.807, 2.05) is 0 Å². The Bertz CT molecular complexity index is 429. The lowest BCUT2D eigenvalue weighted by Crippen LogP contribution is -2.10. The van der Waals surface area contributed by atoms with Crippen molar-refractivity contribution in [3.05, 3.63) is 33.8 Å². The van der Waals surface area contributed by atoms with Gasteiger partial charge in [0.05, 0.1) is 15.9 Å². The van der Waals surface area contributed by atoms with Crippen molar-refractivity contribution in [1.29, 1.82) is 0 Å². The van der Waals surface area contributed by atoms with Gasteiger partial charge < -0.3 is 0 Å². The first kappa shape index (κ1) is 13.5. The number of alkyl halides is 4. The second-order valence-electron chi connectivity index (χ2n) is 3.20. The zero-order valence-corrected chi connectivity index (χ0v) is 10.5. The molecular weight excluding hydrogens is 308 g/mol. The van der Waals surface area contributed by atoms with E-state index in [2.05, 4.69) is 15.9 Å². The van der Waals surface area contributed by atoms with Gasteiger partial charge >= 0.3 is 6.18 Å². The Morgan fingerprint density at radius 3 is 2.44 bits per heavy atom. The van der Waals surface area contributed by atoms with Crippen LogP contribution in [0.4, 0.5) is 13.2 Å². The second-order valence-corrected chi connectivity index (χ2v) is 4.17. The first-order valence-electron chi connectivity index (χ1n) is 4.24. The molecule has 0 amide bonds. The van der Waals surface area contributed by atoms with Crippen molar-refractivity contribution >= 4 is 33.3 Å². The van der Waals surface area contributed by atoms with Gasteiger partial charge in [0.25, 0.3) is 0 Å². The van der Waals surface area contributed by atoms with Gasteiger partial charge in [0.1, 0.15) is 0 Å². The third kappa shape index (κ3) is 2.77. The zero-order chi connectivity index (χ0) is 12.5. The van der Waals surface area contributed by atoms with Crippen LogP contribution in [-0.2, 0) is 6.18 Å². The second kappa shape index (κ2) is 4.75. The van der Waals surface area contributed by atoms with Crippen molar-refractivity contribution in [3.8, 4) is 0 Å². The number of aryl methyl sites for hydroxylation is 1. The number of carbonyl (C=O) groups excluding carboxylic acids is 1. The lowest BCUT2D eigenvalue weighted by atomic mass is 10.0. The monoisotopic (exact) mass is 314 g/mol. The van der Waals surface area contributed by atoms with Gasteiger partial charge in [0.15, 0.2) is 5.78 Å². The molecule has 0 aliphatic heterocycles. The van der Waals surface area contributed by atoms with E-state index in [9.17, 15) is 18.0 Å². The van der Waals surface area contributed by atoms with E-state index in [1.165, 1.54) is 6.92 Å². The zero-order valence-electron chi connectivity index (χ0n) is 8.16. The fourth-order valence-corrected chi connectivity index (χ4v) is 1.84. The summed E-state index contributed by atoms with van der Waals surface area (Å²) in [6, 6.07) is 1.95. The number of hydrogen-bond acceptors (Lipinski definition) is 1. The quantitative estimate of drug-likeness (QED) is 0.589. The van der Waals surface area contributed by atoms with E-state index in [-0.39, 0.29) is 27.3 Å². The molecule has 88 valence electrons. The van der Waals surface area contributed by atoms with E-state index in [1.54, 1.807) is 0 Å². The van der Waals surface area contributed by atoms with Crippen LogP contribution in [0.25, 0.3) is 0 Å². The Balaban J connectivity index is 3.33. The summed E-state index contributed by atoms with van der Waals surface area (Å²) in [5, 5.41) is -0.153. The predicted octanol–water partition coefficient (Wildman–Crippen LogP) is 4.24. The SMILES string of the molecule is Cc1cc(C(=O)CBr)c(Cl)cc1C(F)(F)F. The molecule has 0 aromatic heterocycles. The van der Waals surface area contributed by atoms with Crippen molar-refractivity contribution in [2.24, 2.45) is 0 Å². The first-order chi connectivity index (χ1) is 7.27. The van der Waals surface area contributed by atoms with Gasteiger partial charge in [-0.25, -0.2) is 0 Å². The van der Waals surface area contributed by atoms with Crippen LogP contribution in [0.15, 0.2) is 12.1 Å². The summed E-state index contributed by atoms with van der Waals surface area (Å²) >= 11 is 8.58. The molecule has 0 N–H and O–H groups in total. The summed E-state index contributed by atoms with van der Waals surface area (Å²) in [5.41, 5.74) is -0.728. The molecule has 0 atom stereocenters. The van der Waals surface area contributed by atoms with E-state index in [4.69, 9.17) is 11.6 Å². The van der Waals surface area contributed by atoms with Crippen LogP contribution in [0, 0.1) is 6.92 Å². The fraction of sp³-hybridized carbons (Fsp3) is 0.300. The maximum atomic E-state index is 12.5. The number of hydrogen-bond donors (Lipinski definition) is 0. The lowest BCUT2D eigenvalue weighted by Gasteiger charge is -2.12. The summed E-state index contributed by atoms with van der Waals surface area (Å²) in [6.07, 6.45) is -4.45. The summed E-state index contributed by atoms with van der Waals surface area (Å²) < 4.78 is 37.5. The molecule has 6 heteroatoms. The molecule has 16 heavy (non-hydrogen) atoms. The Labute approximate surface area is 104 Å². The van der Waals surface area contributed by atoms with Crippen molar-refractivity contribution in [1.82, 2.24) is 0 Å². The van der Waals surface area contributed by atoms with Crippen LogP contribution in [0.5, 0.6) is 0 Å². The van der Waals surface area contributed by atoms with Gasteiger partial charge in [-0.05, 0) is 24.6 Å². The third-order valence-corrected chi connectivity index (χ3v) is 2.86. The van der Waals surface area contributed by atoms with E-state index < -0.39 is 11.7 Å². The topological polar surface area (TPSA) is 17.1 Å². The molecule has 1 nitrogen and oxygen atoms in total. The van der Waals surface area contributed by atoms with Crippen molar-refractivity contribution in [2.45, 2.75) is 13.1 Å². The molecule has 0 bridgehead atoms. The van der Waals surface area contributed by atoms with Gasteiger partial charge in [0, 0.05) is 5.56 Å². The van der Waals surface area contributed by atoms with Crippen LogP contribution in [0.1, 0.15) is 21.5 Å². The van der Waals surface area contributed by atoms with Crippen LogP contribution in [-0.4, -0.2) is 11.1 Å². The molecule has 0 spiro atoms. The highest BCUT2D eigenvalue weighted by Gasteiger charge is 2.33. The molecular formula is C10H7BrClF3O. The summed E-state index contributed by atoms with van der Waals surface area (Å²) in [7, 11) is 0. The Hall–Kier alpha value is -0.550. The minimum Gasteiger partial charge on any atom is -0.293 e. The third-order valence-electron chi connectivity index (χ3n) is 2.04. The summed E-state index contributed by atoms with van der Waals surface area (Å²) in [4.78, 5) is 11.3. The highest BCUT2D eigenvalue weighted by molar-refractivity contribution is 9.09. The van der Waals surface area contributed by atoms with Crippen LogP contribution in [0.2, 0.25) is 5.02 Å². The molecule has 0 saturated carbocycles. The molecule has 0 saturated heterocycles. The van der Waals surface area contributed by atoms with Gasteiger partial charge in [-0.15, -0.1) is 0 Å². The average Bonchev–Trinajstić information content (AvgIpc) is 2.18. The summed E-state index contributed by atoms with van der Waals surface area (Å²) in [5.74, 6) is -0.346. The number of halogens is 5. The summed E-state index contributed by atoms with van der Waals surface area (Å²) in [6.45, 7) is 1.30. The molecule has 0 aliphatic rings. The first-order valence-corrected chi connectivity index (χ1v) is 5.74. The molecule has 1 rings (SSSR count). The van der Waals surface area contributed by atoms with E-state index >= 15 is 0 Å². The highest BCUT2D eigenvalue weighted by atomic mass is 79.9. The number of carbonyl (C=O) groups is 1. The number of benzene rings is 1. The minimum absolute atomic E-state index is 0.0128. The molecule has 0 heterocycles. The van der Waals surface area contributed by atoms with Crippen molar-refractivity contribution in [2.75, 3.05) is 5.33 Å². The molecule has 0 unspecified atom stereocenters. The smallest absolute Gasteiger partial charge is 0.293 e.